The number of hydrogen-bond donors (Lipinski definition) is 2. The average Bonchev–Trinajstić information content (AvgIpc) is 2.42. The molecule has 1 aromatic heterocycles. The Morgan fingerprint density at radius 3 is 2.60 bits per heavy atom. The molecule has 20 heavy (non-hydrogen) atoms. The number of aromatic nitrogens is 1. The highest BCUT2D eigenvalue weighted by molar-refractivity contribution is 9.11. The Labute approximate surface area is 134 Å². The van der Waals surface area contributed by atoms with Crippen molar-refractivity contribution < 1.29 is 8.42 Å². The van der Waals surface area contributed by atoms with Gasteiger partial charge in [0.25, 0.3) is 10.0 Å². The number of pyridine rings is 1. The normalized spacial score (nSPS) is 11.2. The zero-order valence-corrected chi connectivity index (χ0v) is 14.4. The Balaban J connectivity index is 2.43. The van der Waals surface area contributed by atoms with Crippen molar-refractivity contribution in [2.24, 2.45) is 0 Å². The first-order valence-corrected chi connectivity index (χ1v) is 8.60. The fourth-order valence-electron chi connectivity index (χ4n) is 1.58. The SMILES string of the molecule is CNc1ccncc1S(=O)(=O)Nc1cc(Br)ccc1Br. The molecular formula is C12H11Br2N3O2S. The molecule has 8 heteroatoms. The number of nitrogens with one attached hydrogen (secondary N) is 2. The maximum absolute atomic E-state index is 12.4. The average molecular weight is 421 g/mol. The second-order valence-corrected chi connectivity index (χ2v) is 7.27. The predicted molar refractivity (Wildman–Crippen MR) is 86.4 cm³/mol. The zero-order valence-electron chi connectivity index (χ0n) is 10.4. The quantitative estimate of drug-likeness (QED) is 0.794. The Bertz CT molecular complexity index is 735. The molecule has 2 rings (SSSR count). The van der Waals surface area contributed by atoms with E-state index in [-0.39, 0.29) is 4.90 Å². The summed E-state index contributed by atoms with van der Waals surface area (Å²) in [6.07, 6.45) is 2.83. The van der Waals surface area contributed by atoms with Crippen LogP contribution in [-0.4, -0.2) is 20.4 Å². The van der Waals surface area contributed by atoms with Crippen molar-refractivity contribution in [2.75, 3.05) is 17.1 Å². The molecular weight excluding hydrogens is 410 g/mol. The Morgan fingerprint density at radius 2 is 1.90 bits per heavy atom. The van der Waals surface area contributed by atoms with E-state index in [2.05, 4.69) is 46.9 Å². The number of nitrogens with zero attached hydrogens (tertiary/aromatic N) is 1. The number of sulfonamides is 1. The number of halogens is 2. The minimum Gasteiger partial charge on any atom is -0.387 e. The second-order valence-electron chi connectivity index (χ2n) is 3.85. The van der Waals surface area contributed by atoms with Crippen LogP contribution in [0.3, 0.4) is 0 Å². The van der Waals surface area contributed by atoms with Gasteiger partial charge in [-0.3, -0.25) is 9.71 Å². The third kappa shape index (κ3) is 3.31. The van der Waals surface area contributed by atoms with Gasteiger partial charge < -0.3 is 5.32 Å². The highest BCUT2D eigenvalue weighted by atomic mass is 79.9. The van der Waals surface area contributed by atoms with Crippen molar-refractivity contribution in [1.29, 1.82) is 0 Å². The molecule has 0 saturated heterocycles. The maximum Gasteiger partial charge on any atom is 0.265 e. The zero-order chi connectivity index (χ0) is 14.8. The standard InChI is InChI=1S/C12H11Br2N3O2S/c1-15-10-4-5-16-7-12(10)20(18,19)17-11-6-8(13)2-3-9(11)14/h2-7,17H,1H3,(H,15,16). The highest BCUT2D eigenvalue weighted by Gasteiger charge is 2.19. The van der Waals surface area contributed by atoms with Crippen molar-refractivity contribution >= 4 is 53.3 Å². The Morgan fingerprint density at radius 1 is 1.15 bits per heavy atom. The smallest absolute Gasteiger partial charge is 0.265 e. The lowest BCUT2D eigenvalue weighted by molar-refractivity contribution is 0.601. The molecule has 0 fully saturated rings. The second kappa shape index (κ2) is 6.11. The van der Waals surface area contributed by atoms with Gasteiger partial charge in [0.1, 0.15) is 4.90 Å². The molecule has 0 saturated carbocycles. The van der Waals surface area contributed by atoms with E-state index >= 15 is 0 Å². The topological polar surface area (TPSA) is 71.1 Å². The Hall–Kier alpha value is -1.12. The van der Waals surface area contributed by atoms with Gasteiger partial charge in [0, 0.05) is 28.4 Å². The number of anilines is 2. The molecule has 0 amide bonds. The van der Waals surface area contributed by atoms with Gasteiger partial charge in [-0.1, -0.05) is 15.9 Å². The van der Waals surface area contributed by atoms with Crippen molar-refractivity contribution in [3.05, 3.63) is 45.6 Å². The van der Waals surface area contributed by atoms with Crippen LogP contribution in [0.2, 0.25) is 0 Å². The summed E-state index contributed by atoms with van der Waals surface area (Å²) >= 11 is 6.62. The van der Waals surface area contributed by atoms with E-state index in [1.54, 1.807) is 25.2 Å². The molecule has 0 atom stereocenters. The lowest BCUT2D eigenvalue weighted by Crippen LogP contribution is -2.15. The summed E-state index contributed by atoms with van der Waals surface area (Å²) in [6.45, 7) is 0. The maximum atomic E-state index is 12.4. The van der Waals surface area contributed by atoms with E-state index in [0.29, 0.717) is 15.8 Å². The summed E-state index contributed by atoms with van der Waals surface area (Å²) < 4.78 is 28.8. The van der Waals surface area contributed by atoms with Crippen LogP contribution in [0.5, 0.6) is 0 Å². The van der Waals surface area contributed by atoms with Crippen LogP contribution >= 0.6 is 31.9 Å². The molecule has 0 bridgehead atoms. The predicted octanol–water partition coefficient (Wildman–Crippen LogP) is 3.45. The lowest BCUT2D eigenvalue weighted by Gasteiger charge is -2.12. The molecule has 0 spiro atoms. The lowest BCUT2D eigenvalue weighted by atomic mass is 10.3. The monoisotopic (exact) mass is 419 g/mol. The summed E-state index contributed by atoms with van der Waals surface area (Å²) in [7, 11) is -2.07. The number of rotatable bonds is 4. The first kappa shape index (κ1) is 15.3. The molecule has 0 unspecified atom stereocenters. The fourth-order valence-corrected chi connectivity index (χ4v) is 3.64. The van der Waals surface area contributed by atoms with Gasteiger partial charge in [0.05, 0.1) is 11.4 Å². The highest BCUT2D eigenvalue weighted by Crippen LogP contribution is 2.29. The first-order chi connectivity index (χ1) is 9.44. The molecule has 0 aliphatic carbocycles. The van der Waals surface area contributed by atoms with Crippen LogP contribution in [0.15, 0.2) is 50.5 Å². The Kier molecular flexibility index (Phi) is 4.66. The van der Waals surface area contributed by atoms with E-state index in [4.69, 9.17) is 0 Å². The third-order valence-corrected chi connectivity index (χ3v) is 5.09. The van der Waals surface area contributed by atoms with Gasteiger partial charge in [-0.25, -0.2) is 8.42 Å². The van der Waals surface area contributed by atoms with Crippen molar-refractivity contribution in [3.8, 4) is 0 Å². The van der Waals surface area contributed by atoms with E-state index in [1.165, 1.54) is 12.4 Å². The van der Waals surface area contributed by atoms with Crippen molar-refractivity contribution in [2.45, 2.75) is 4.90 Å². The van der Waals surface area contributed by atoms with E-state index < -0.39 is 10.0 Å². The van der Waals surface area contributed by atoms with E-state index in [1.807, 2.05) is 6.07 Å². The fraction of sp³-hybridized carbons (Fsp3) is 0.0833. The summed E-state index contributed by atoms with van der Waals surface area (Å²) in [5.74, 6) is 0. The summed E-state index contributed by atoms with van der Waals surface area (Å²) in [5, 5.41) is 2.83. The number of hydrogen-bond acceptors (Lipinski definition) is 4. The molecule has 2 aromatic rings. The van der Waals surface area contributed by atoms with Gasteiger partial charge >= 0.3 is 0 Å². The first-order valence-electron chi connectivity index (χ1n) is 5.53. The van der Waals surface area contributed by atoms with Crippen LogP contribution in [-0.2, 0) is 10.0 Å². The summed E-state index contributed by atoms with van der Waals surface area (Å²) in [6, 6.07) is 6.84. The van der Waals surface area contributed by atoms with Gasteiger partial charge in [-0.15, -0.1) is 0 Å². The number of benzene rings is 1. The third-order valence-electron chi connectivity index (χ3n) is 2.52. The summed E-state index contributed by atoms with van der Waals surface area (Å²) in [5.41, 5.74) is 0.934. The minimum atomic E-state index is -3.72. The van der Waals surface area contributed by atoms with E-state index in [9.17, 15) is 8.42 Å². The molecule has 0 aliphatic rings. The molecule has 106 valence electrons. The van der Waals surface area contributed by atoms with Gasteiger partial charge in [0.15, 0.2) is 0 Å². The molecule has 0 radical (unpaired) electrons. The minimum absolute atomic E-state index is 0.0920. The molecule has 1 aromatic carbocycles. The van der Waals surface area contributed by atoms with Crippen LogP contribution in [0.4, 0.5) is 11.4 Å². The van der Waals surface area contributed by atoms with Gasteiger partial charge in [-0.05, 0) is 40.2 Å². The van der Waals surface area contributed by atoms with Crippen LogP contribution in [0, 0.1) is 0 Å². The van der Waals surface area contributed by atoms with Crippen LogP contribution < -0.4 is 10.0 Å². The van der Waals surface area contributed by atoms with Crippen molar-refractivity contribution in [3.63, 3.8) is 0 Å². The summed E-state index contributed by atoms with van der Waals surface area (Å²) in [4.78, 5) is 3.95. The molecule has 2 N–H and O–H groups in total. The van der Waals surface area contributed by atoms with Crippen LogP contribution in [0.25, 0.3) is 0 Å². The van der Waals surface area contributed by atoms with E-state index in [0.717, 1.165) is 4.47 Å². The van der Waals surface area contributed by atoms with Crippen LogP contribution in [0.1, 0.15) is 0 Å². The molecule has 5 nitrogen and oxygen atoms in total. The molecule has 1 heterocycles. The largest absolute Gasteiger partial charge is 0.387 e. The van der Waals surface area contributed by atoms with Gasteiger partial charge in [0.2, 0.25) is 0 Å². The molecule has 0 aliphatic heterocycles. The van der Waals surface area contributed by atoms with Crippen molar-refractivity contribution in [1.82, 2.24) is 4.98 Å². The van der Waals surface area contributed by atoms with Gasteiger partial charge in [-0.2, -0.15) is 0 Å².